The molecular weight excluding hydrogens is 430 g/mol. The summed E-state index contributed by atoms with van der Waals surface area (Å²) in [6.07, 6.45) is 0. The molecule has 4 rings (SSSR count). The molecule has 0 bridgehead atoms. The lowest BCUT2D eigenvalue weighted by molar-refractivity contribution is 0.389. The molecule has 1 aliphatic heterocycles. The molecular formula is C23H18BrN3O2. The zero-order chi connectivity index (χ0) is 20.5. The third kappa shape index (κ3) is 3.45. The van der Waals surface area contributed by atoms with Crippen LogP contribution in [0.3, 0.4) is 0 Å². The van der Waals surface area contributed by atoms with Crippen molar-refractivity contribution in [1.29, 1.82) is 5.26 Å². The number of allylic oxidation sites excluding steroid dienone is 1. The minimum absolute atomic E-state index is 0.0320. The van der Waals surface area contributed by atoms with E-state index < -0.39 is 5.92 Å². The van der Waals surface area contributed by atoms with Crippen molar-refractivity contribution in [3.63, 3.8) is 0 Å². The molecule has 1 aliphatic rings. The van der Waals surface area contributed by atoms with Crippen LogP contribution in [-0.2, 0) is 6.54 Å². The Morgan fingerprint density at radius 2 is 1.93 bits per heavy atom. The molecule has 0 fully saturated rings. The third-order valence-electron chi connectivity index (χ3n) is 5.06. The Morgan fingerprint density at radius 3 is 2.62 bits per heavy atom. The molecule has 1 aromatic heterocycles. The molecule has 1 atom stereocenters. The van der Waals surface area contributed by atoms with Crippen LogP contribution in [0, 0.1) is 18.3 Å². The Morgan fingerprint density at radius 1 is 1.17 bits per heavy atom. The van der Waals surface area contributed by atoms with E-state index in [1.165, 1.54) is 0 Å². The Hall–Kier alpha value is -3.30. The highest BCUT2D eigenvalue weighted by molar-refractivity contribution is 9.10. The van der Waals surface area contributed by atoms with Gasteiger partial charge in [-0.05, 0) is 30.2 Å². The Labute approximate surface area is 176 Å². The second-order valence-electron chi connectivity index (χ2n) is 6.92. The number of nitrogens with two attached hydrogens (primary N) is 1. The lowest BCUT2D eigenvalue weighted by atomic mass is 9.84. The molecule has 0 unspecified atom stereocenters. The van der Waals surface area contributed by atoms with Gasteiger partial charge >= 0.3 is 0 Å². The number of fused-ring (bicyclic) bond motifs is 1. The van der Waals surface area contributed by atoms with Crippen molar-refractivity contribution in [2.24, 2.45) is 5.73 Å². The number of hydrogen-bond donors (Lipinski definition) is 1. The van der Waals surface area contributed by atoms with E-state index in [9.17, 15) is 10.1 Å². The molecule has 0 radical (unpaired) electrons. The van der Waals surface area contributed by atoms with Gasteiger partial charge in [-0.25, -0.2) is 0 Å². The van der Waals surface area contributed by atoms with Gasteiger partial charge < -0.3 is 15.0 Å². The number of halogens is 1. The standard InChI is InChI=1S/C23H18BrN3O2/c1-14-10-19-21(23(28)27(14)13-15-6-3-2-4-7-15)20(18(12-25)22(26)29-19)16-8-5-9-17(24)11-16/h2-11,20H,13,26H2,1H3/t20-/m1/s1. The summed E-state index contributed by atoms with van der Waals surface area (Å²) in [5.41, 5.74) is 9.11. The second kappa shape index (κ2) is 7.61. The maximum atomic E-state index is 13.6. The lowest BCUT2D eigenvalue weighted by Gasteiger charge is -2.27. The first-order chi connectivity index (χ1) is 14.0. The molecule has 5 nitrogen and oxygen atoms in total. The fourth-order valence-electron chi connectivity index (χ4n) is 3.67. The maximum absolute atomic E-state index is 13.6. The molecule has 0 saturated heterocycles. The van der Waals surface area contributed by atoms with Crippen molar-refractivity contribution in [2.75, 3.05) is 0 Å². The summed E-state index contributed by atoms with van der Waals surface area (Å²) in [4.78, 5) is 13.6. The molecule has 0 saturated carbocycles. The van der Waals surface area contributed by atoms with Crippen LogP contribution in [0.25, 0.3) is 0 Å². The van der Waals surface area contributed by atoms with Gasteiger partial charge in [-0.1, -0.05) is 58.4 Å². The number of hydrogen-bond acceptors (Lipinski definition) is 4. The van der Waals surface area contributed by atoms with Crippen LogP contribution in [-0.4, -0.2) is 4.57 Å². The summed E-state index contributed by atoms with van der Waals surface area (Å²) in [5.74, 6) is -0.153. The smallest absolute Gasteiger partial charge is 0.259 e. The van der Waals surface area contributed by atoms with Gasteiger partial charge in [-0.3, -0.25) is 4.79 Å². The molecule has 29 heavy (non-hydrogen) atoms. The normalized spacial score (nSPS) is 15.4. The molecule has 144 valence electrons. The molecule has 0 spiro atoms. The van der Waals surface area contributed by atoms with E-state index in [4.69, 9.17) is 10.5 Å². The first-order valence-electron chi connectivity index (χ1n) is 9.11. The van der Waals surface area contributed by atoms with E-state index in [-0.39, 0.29) is 17.0 Å². The Balaban J connectivity index is 1.94. The van der Waals surface area contributed by atoms with Crippen LogP contribution in [0.4, 0.5) is 0 Å². The quantitative estimate of drug-likeness (QED) is 0.652. The summed E-state index contributed by atoms with van der Waals surface area (Å²) >= 11 is 3.47. The number of rotatable bonds is 3. The topological polar surface area (TPSA) is 81.0 Å². The van der Waals surface area contributed by atoms with Crippen LogP contribution in [0.1, 0.15) is 28.3 Å². The molecule has 3 aromatic rings. The van der Waals surface area contributed by atoms with E-state index in [0.29, 0.717) is 17.9 Å². The van der Waals surface area contributed by atoms with Crippen LogP contribution < -0.4 is 16.0 Å². The highest BCUT2D eigenvalue weighted by Crippen LogP contribution is 2.41. The fourth-order valence-corrected chi connectivity index (χ4v) is 4.09. The van der Waals surface area contributed by atoms with Crippen molar-refractivity contribution < 1.29 is 4.74 Å². The highest BCUT2D eigenvalue weighted by atomic mass is 79.9. The van der Waals surface area contributed by atoms with Crippen LogP contribution in [0.2, 0.25) is 0 Å². The lowest BCUT2D eigenvalue weighted by Crippen LogP contribution is -2.33. The fraction of sp³-hybridized carbons (Fsp3) is 0.130. The molecule has 2 aromatic carbocycles. The summed E-state index contributed by atoms with van der Waals surface area (Å²) in [5, 5.41) is 9.75. The van der Waals surface area contributed by atoms with Gasteiger partial charge in [0.15, 0.2) is 0 Å². The predicted molar refractivity (Wildman–Crippen MR) is 114 cm³/mol. The van der Waals surface area contributed by atoms with E-state index in [1.54, 1.807) is 4.57 Å². The van der Waals surface area contributed by atoms with Gasteiger partial charge in [0.1, 0.15) is 17.4 Å². The van der Waals surface area contributed by atoms with E-state index in [0.717, 1.165) is 21.3 Å². The summed E-state index contributed by atoms with van der Waals surface area (Å²) < 4.78 is 8.26. The number of nitriles is 1. The average Bonchev–Trinajstić information content (AvgIpc) is 2.71. The maximum Gasteiger partial charge on any atom is 0.259 e. The van der Waals surface area contributed by atoms with Gasteiger partial charge in [0.25, 0.3) is 5.56 Å². The second-order valence-corrected chi connectivity index (χ2v) is 7.84. The van der Waals surface area contributed by atoms with Crippen molar-refractivity contribution in [1.82, 2.24) is 4.57 Å². The monoisotopic (exact) mass is 447 g/mol. The zero-order valence-corrected chi connectivity index (χ0v) is 17.3. The Bertz CT molecular complexity index is 1220. The van der Waals surface area contributed by atoms with Gasteiger partial charge in [0, 0.05) is 16.2 Å². The average molecular weight is 448 g/mol. The molecule has 2 N–H and O–H groups in total. The summed E-state index contributed by atoms with van der Waals surface area (Å²) in [7, 11) is 0. The Kier molecular flexibility index (Phi) is 4.99. The first-order valence-corrected chi connectivity index (χ1v) is 9.90. The van der Waals surface area contributed by atoms with Crippen LogP contribution in [0.15, 0.2) is 81.4 Å². The van der Waals surface area contributed by atoms with Crippen molar-refractivity contribution in [2.45, 2.75) is 19.4 Å². The largest absolute Gasteiger partial charge is 0.440 e. The first kappa shape index (κ1) is 19.0. The predicted octanol–water partition coefficient (Wildman–Crippen LogP) is 4.19. The summed E-state index contributed by atoms with van der Waals surface area (Å²) in [6.45, 7) is 2.30. The van der Waals surface area contributed by atoms with Crippen LogP contribution in [0.5, 0.6) is 5.75 Å². The molecule has 0 aliphatic carbocycles. The zero-order valence-electron chi connectivity index (χ0n) is 15.7. The van der Waals surface area contributed by atoms with Gasteiger partial charge in [-0.15, -0.1) is 0 Å². The van der Waals surface area contributed by atoms with Gasteiger partial charge in [0.2, 0.25) is 5.88 Å². The van der Waals surface area contributed by atoms with E-state index in [2.05, 4.69) is 22.0 Å². The molecule has 6 heteroatoms. The number of nitrogens with zero attached hydrogens (tertiary/aromatic N) is 2. The minimum atomic E-state index is -0.587. The number of aromatic nitrogens is 1. The van der Waals surface area contributed by atoms with Gasteiger partial charge in [0.05, 0.1) is 18.0 Å². The SMILES string of the molecule is Cc1cc2c(c(=O)n1Cc1ccccc1)[C@H](c1cccc(Br)c1)C(C#N)=C(N)O2. The minimum Gasteiger partial charge on any atom is -0.440 e. The highest BCUT2D eigenvalue weighted by Gasteiger charge is 2.34. The van der Waals surface area contributed by atoms with Gasteiger partial charge in [-0.2, -0.15) is 5.26 Å². The molecule has 0 amide bonds. The number of ether oxygens (including phenoxy) is 1. The summed E-state index contributed by atoms with van der Waals surface area (Å²) in [6, 6.07) is 21.3. The van der Waals surface area contributed by atoms with Crippen molar-refractivity contribution in [3.8, 4) is 11.8 Å². The van der Waals surface area contributed by atoms with Crippen molar-refractivity contribution >= 4 is 15.9 Å². The third-order valence-corrected chi connectivity index (χ3v) is 5.55. The number of aryl methyl sites for hydroxylation is 1. The van der Waals surface area contributed by atoms with Crippen molar-refractivity contribution in [3.05, 3.63) is 109 Å². The molecule has 2 heterocycles. The number of benzene rings is 2. The van der Waals surface area contributed by atoms with E-state index >= 15 is 0 Å². The van der Waals surface area contributed by atoms with Crippen LogP contribution >= 0.6 is 15.9 Å². The number of pyridine rings is 1. The van der Waals surface area contributed by atoms with E-state index in [1.807, 2.05) is 67.6 Å².